The summed E-state index contributed by atoms with van der Waals surface area (Å²) < 4.78 is 18.3. The zero-order chi connectivity index (χ0) is 22.6. The number of amides is 1. The van der Waals surface area contributed by atoms with Crippen LogP contribution in [0.25, 0.3) is 10.2 Å². The van der Waals surface area contributed by atoms with Crippen LogP contribution in [0.1, 0.15) is 6.92 Å². The second-order valence-electron chi connectivity index (χ2n) is 8.02. The van der Waals surface area contributed by atoms with Crippen molar-refractivity contribution < 1.29 is 19.0 Å². The smallest absolute Gasteiger partial charge is 0.264 e. The number of benzene rings is 2. The van der Waals surface area contributed by atoms with Gasteiger partial charge in [0.15, 0.2) is 16.6 Å². The van der Waals surface area contributed by atoms with Gasteiger partial charge in [-0.25, -0.2) is 4.98 Å². The molecule has 1 amide bonds. The first-order chi connectivity index (χ1) is 16.2. The van der Waals surface area contributed by atoms with Crippen LogP contribution in [-0.4, -0.2) is 74.4 Å². The number of carbonyl (C=O) groups is 1. The average Bonchev–Trinajstić information content (AvgIpc) is 3.30. The van der Waals surface area contributed by atoms with E-state index in [0.29, 0.717) is 24.7 Å². The number of rotatable bonds is 7. The fourth-order valence-corrected chi connectivity index (χ4v) is 5.12. The lowest BCUT2D eigenvalue weighted by molar-refractivity contribution is -0.130. The largest absolute Gasteiger partial charge is 0.492 e. The van der Waals surface area contributed by atoms with Crippen molar-refractivity contribution in [3.8, 4) is 17.2 Å². The van der Waals surface area contributed by atoms with E-state index in [1.165, 1.54) is 0 Å². The van der Waals surface area contributed by atoms with Crippen molar-refractivity contribution >= 4 is 32.6 Å². The van der Waals surface area contributed by atoms with Crippen LogP contribution in [0.3, 0.4) is 0 Å². The van der Waals surface area contributed by atoms with E-state index in [2.05, 4.69) is 21.2 Å². The zero-order valence-electron chi connectivity index (χ0n) is 18.7. The Labute approximate surface area is 197 Å². The first-order valence-electron chi connectivity index (χ1n) is 11.4. The van der Waals surface area contributed by atoms with Crippen molar-refractivity contribution in [3.63, 3.8) is 0 Å². The Hall–Kier alpha value is -3.04. The third kappa shape index (κ3) is 4.84. The number of para-hydroxylation sites is 3. The number of carbonyl (C=O) groups excluding carboxylic acids is 1. The lowest BCUT2D eigenvalue weighted by Gasteiger charge is -2.34. The van der Waals surface area contributed by atoms with Crippen LogP contribution in [-0.2, 0) is 4.79 Å². The molecule has 2 aliphatic heterocycles. The third-order valence-corrected chi connectivity index (χ3v) is 6.92. The molecule has 3 heterocycles. The highest BCUT2D eigenvalue weighted by molar-refractivity contribution is 7.22. The van der Waals surface area contributed by atoms with E-state index < -0.39 is 6.10 Å². The van der Waals surface area contributed by atoms with Crippen LogP contribution in [0.5, 0.6) is 17.2 Å². The van der Waals surface area contributed by atoms with Crippen LogP contribution in [0, 0.1) is 0 Å². The second kappa shape index (κ2) is 9.84. The van der Waals surface area contributed by atoms with Crippen molar-refractivity contribution in [2.75, 3.05) is 57.4 Å². The van der Waals surface area contributed by atoms with Gasteiger partial charge in [0.05, 0.1) is 11.3 Å². The normalized spacial score (nSPS) is 18.3. The summed E-state index contributed by atoms with van der Waals surface area (Å²) in [6.07, 6.45) is -0.614. The van der Waals surface area contributed by atoms with Crippen LogP contribution in [0.2, 0.25) is 0 Å². The molecule has 2 aromatic carbocycles. The summed E-state index contributed by atoms with van der Waals surface area (Å²) in [5.74, 6) is 2.01. The van der Waals surface area contributed by atoms with E-state index in [-0.39, 0.29) is 12.5 Å². The number of hydrogen-bond donors (Lipinski definition) is 1. The highest BCUT2D eigenvalue weighted by Crippen LogP contribution is 2.34. The minimum atomic E-state index is -0.614. The molecule has 8 nitrogen and oxygen atoms in total. The molecule has 1 N–H and O–H groups in total. The van der Waals surface area contributed by atoms with Gasteiger partial charge in [0.25, 0.3) is 5.91 Å². The molecule has 0 saturated carbocycles. The fraction of sp³-hybridized carbons (Fsp3) is 0.417. The molecule has 174 valence electrons. The van der Waals surface area contributed by atoms with E-state index in [1.807, 2.05) is 43.3 Å². The number of nitrogens with zero attached hydrogens (tertiary/aromatic N) is 3. The lowest BCUT2D eigenvalue weighted by Crippen LogP contribution is -2.50. The maximum absolute atomic E-state index is 12.5. The van der Waals surface area contributed by atoms with Gasteiger partial charge in [0, 0.05) is 39.3 Å². The molecule has 3 aromatic rings. The number of hydrogen-bond acceptors (Lipinski definition) is 8. The summed E-state index contributed by atoms with van der Waals surface area (Å²) in [6.45, 7) is 7.92. The van der Waals surface area contributed by atoms with E-state index in [4.69, 9.17) is 19.2 Å². The number of nitrogens with one attached hydrogen (secondary N) is 1. The number of thiazole rings is 1. The number of piperazine rings is 1. The molecule has 1 saturated heterocycles. The Morgan fingerprint density at radius 1 is 1.15 bits per heavy atom. The minimum Gasteiger partial charge on any atom is -0.492 e. The topological polar surface area (TPSA) is 76.2 Å². The minimum absolute atomic E-state index is 0.136. The van der Waals surface area contributed by atoms with Crippen LogP contribution in [0.15, 0.2) is 42.5 Å². The highest BCUT2D eigenvalue weighted by atomic mass is 32.1. The Bertz CT molecular complexity index is 1110. The maximum atomic E-state index is 12.5. The number of ether oxygens (including phenoxy) is 3. The predicted octanol–water partition coefficient (Wildman–Crippen LogP) is 2.77. The van der Waals surface area contributed by atoms with E-state index >= 15 is 0 Å². The Morgan fingerprint density at radius 2 is 1.97 bits per heavy atom. The Balaban J connectivity index is 1.08. The molecule has 1 unspecified atom stereocenters. The molecule has 0 aliphatic carbocycles. The van der Waals surface area contributed by atoms with E-state index in [1.54, 1.807) is 11.3 Å². The second-order valence-corrected chi connectivity index (χ2v) is 9.03. The first-order valence-corrected chi connectivity index (χ1v) is 12.2. The molecule has 1 atom stereocenters. The highest BCUT2D eigenvalue weighted by Gasteiger charge is 2.27. The van der Waals surface area contributed by atoms with E-state index in [9.17, 15) is 4.79 Å². The third-order valence-electron chi connectivity index (χ3n) is 5.84. The monoisotopic (exact) mass is 468 g/mol. The summed E-state index contributed by atoms with van der Waals surface area (Å²) in [7, 11) is 0. The Morgan fingerprint density at radius 3 is 2.79 bits per heavy atom. The number of aromatic nitrogens is 1. The fourth-order valence-electron chi connectivity index (χ4n) is 4.08. The molecule has 1 fully saturated rings. The molecule has 0 spiro atoms. The van der Waals surface area contributed by atoms with Crippen molar-refractivity contribution in [1.82, 2.24) is 15.2 Å². The van der Waals surface area contributed by atoms with Crippen molar-refractivity contribution in [2.24, 2.45) is 0 Å². The van der Waals surface area contributed by atoms with Gasteiger partial charge < -0.3 is 24.4 Å². The standard InChI is InChI=1S/C24H28N4O4S/c1-2-30-19-8-5-9-21-22(19)26-24(33-21)28-14-12-27(13-15-28)11-10-25-23(29)20-16-31-17-6-3-4-7-18(17)32-20/h3-9,20H,2,10-16H2,1H3,(H,25,29). The average molecular weight is 469 g/mol. The summed E-state index contributed by atoms with van der Waals surface area (Å²) in [5.41, 5.74) is 0.945. The zero-order valence-corrected chi connectivity index (χ0v) is 19.5. The number of anilines is 1. The molecular weight excluding hydrogens is 440 g/mol. The Kier molecular flexibility index (Phi) is 6.50. The lowest BCUT2D eigenvalue weighted by atomic mass is 10.2. The van der Waals surface area contributed by atoms with Gasteiger partial charge in [-0.3, -0.25) is 9.69 Å². The van der Waals surface area contributed by atoms with E-state index in [0.717, 1.165) is 53.8 Å². The molecule has 2 aliphatic rings. The molecule has 1 aromatic heterocycles. The SMILES string of the molecule is CCOc1cccc2sc(N3CCN(CCNC(=O)C4COc5ccccc5O4)CC3)nc12. The maximum Gasteiger partial charge on any atom is 0.264 e. The van der Waals surface area contributed by atoms with Gasteiger partial charge >= 0.3 is 0 Å². The van der Waals surface area contributed by atoms with Gasteiger partial charge in [-0.2, -0.15) is 0 Å². The van der Waals surface area contributed by atoms with Gasteiger partial charge in [-0.05, 0) is 31.2 Å². The molecule has 0 bridgehead atoms. The molecular formula is C24H28N4O4S. The summed E-state index contributed by atoms with van der Waals surface area (Å²) >= 11 is 1.71. The van der Waals surface area contributed by atoms with Gasteiger partial charge in [0.1, 0.15) is 17.9 Å². The van der Waals surface area contributed by atoms with Crippen molar-refractivity contribution in [3.05, 3.63) is 42.5 Å². The summed E-state index contributed by atoms with van der Waals surface area (Å²) in [5, 5.41) is 4.03. The van der Waals surface area contributed by atoms with Gasteiger partial charge in [-0.15, -0.1) is 0 Å². The number of fused-ring (bicyclic) bond motifs is 2. The summed E-state index contributed by atoms with van der Waals surface area (Å²) in [6, 6.07) is 13.5. The predicted molar refractivity (Wildman–Crippen MR) is 129 cm³/mol. The van der Waals surface area contributed by atoms with Crippen LogP contribution < -0.4 is 24.4 Å². The first kappa shape index (κ1) is 21.8. The summed E-state index contributed by atoms with van der Waals surface area (Å²) in [4.78, 5) is 22.0. The van der Waals surface area contributed by atoms with Gasteiger partial charge in [-0.1, -0.05) is 29.5 Å². The van der Waals surface area contributed by atoms with Crippen molar-refractivity contribution in [2.45, 2.75) is 13.0 Å². The van der Waals surface area contributed by atoms with Gasteiger partial charge in [0.2, 0.25) is 6.10 Å². The molecule has 9 heteroatoms. The van der Waals surface area contributed by atoms with Crippen LogP contribution in [0.4, 0.5) is 5.13 Å². The quantitative estimate of drug-likeness (QED) is 0.571. The molecule has 5 rings (SSSR count). The molecule has 0 radical (unpaired) electrons. The van der Waals surface area contributed by atoms with Crippen LogP contribution >= 0.6 is 11.3 Å². The van der Waals surface area contributed by atoms with Crippen molar-refractivity contribution in [1.29, 1.82) is 0 Å². The molecule has 33 heavy (non-hydrogen) atoms.